The highest BCUT2D eigenvalue weighted by atomic mass is 32.1. The predicted octanol–water partition coefficient (Wildman–Crippen LogP) is 2.17. The Morgan fingerprint density at radius 1 is 1.79 bits per heavy atom. The van der Waals surface area contributed by atoms with Crippen LogP contribution in [0.4, 0.5) is 0 Å². The molecule has 0 radical (unpaired) electrons. The third kappa shape index (κ3) is 2.86. The van der Waals surface area contributed by atoms with Gasteiger partial charge < -0.3 is 5.32 Å². The SMILES string of the molecule is CCC(CC#N)NC(=O)c1ccsc1. The molecule has 0 bridgehead atoms. The van der Waals surface area contributed by atoms with Crippen molar-refractivity contribution < 1.29 is 4.79 Å². The van der Waals surface area contributed by atoms with Crippen molar-refractivity contribution in [2.24, 2.45) is 0 Å². The van der Waals surface area contributed by atoms with Crippen LogP contribution in [0, 0.1) is 11.3 Å². The molecule has 74 valence electrons. The Balaban J connectivity index is 2.52. The van der Waals surface area contributed by atoms with Gasteiger partial charge in [-0.15, -0.1) is 0 Å². The number of hydrogen-bond acceptors (Lipinski definition) is 3. The van der Waals surface area contributed by atoms with Crippen molar-refractivity contribution in [2.45, 2.75) is 25.8 Å². The average Bonchev–Trinajstić information content (AvgIpc) is 2.69. The fourth-order valence-electron chi connectivity index (χ4n) is 1.07. The molecule has 0 aromatic carbocycles. The monoisotopic (exact) mass is 208 g/mol. The molecule has 0 aliphatic rings. The van der Waals surface area contributed by atoms with Gasteiger partial charge in [-0.05, 0) is 17.9 Å². The lowest BCUT2D eigenvalue weighted by Gasteiger charge is -2.12. The van der Waals surface area contributed by atoms with Gasteiger partial charge >= 0.3 is 0 Å². The number of rotatable bonds is 4. The zero-order valence-electron chi connectivity index (χ0n) is 7.99. The second-order valence-corrected chi connectivity index (χ2v) is 3.73. The van der Waals surface area contributed by atoms with Gasteiger partial charge in [-0.1, -0.05) is 6.92 Å². The zero-order chi connectivity index (χ0) is 10.4. The van der Waals surface area contributed by atoms with Gasteiger partial charge in [0.25, 0.3) is 5.91 Å². The number of nitrogens with one attached hydrogen (secondary N) is 1. The standard InChI is InChI=1S/C10H12N2OS/c1-2-9(3-5-11)12-10(13)8-4-6-14-7-8/h4,6-7,9H,2-3H2,1H3,(H,12,13). The molecule has 4 heteroatoms. The smallest absolute Gasteiger partial charge is 0.252 e. The maximum atomic E-state index is 11.5. The number of nitriles is 1. The Bertz CT molecular complexity index is 326. The number of nitrogens with zero attached hydrogens (tertiary/aromatic N) is 1. The van der Waals surface area contributed by atoms with E-state index in [9.17, 15) is 4.79 Å². The molecule has 1 N–H and O–H groups in total. The minimum Gasteiger partial charge on any atom is -0.348 e. The summed E-state index contributed by atoms with van der Waals surface area (Å²) >= 11 is 1.49. The molecule has 0 saturated carbocycles. The summed E-state index contributed by atoms with van der Waals surface area (Å²) in [5.41, 5.74) is 0.673. The predicted molar refractivity (Wildman–Crippen MR) is 56.1 cm³/mol. The summed E-state index contributed by atoms with van der Waals surface area (Å²) in [7, 11) is 0. The van der Waals surface area contributed by atoms with E-state index in [1.165, 1.54) is 11.3 Å². The highest BCUT2D eigenvalue weighted by Crippen LogP contribution is 2.07. The van der Waals surface area contributed by atoms with Crippen LogP contribution in [0.5, 0.6) is 0 Å². The summed E-state index contributed by atoms with van der Waals surface area (Å²) in [4.78, 5) is 11.5. The van der Waals surface area contributed by atoms with Crippen LogP contribution >= 0.6 is 11.3 Å². The fraction of sp³-hybridized carbons (Fsp3) is 0.400. The Morgan fingerprint density at radius 2 is 2.57 bits per heavy atom. The van der Waals surface area contributed by atoms with Gasteiger partial charge in [0.1, 0.15) is 0 Å². The molecule has 3 nitrogen and oxygen atoms in total. The molecule has 1 atom stereocenters. The van der Waals surface area contributed by atoms with Crippen LogP contribution in [0.25, 0.3) is 0 Å². The van der Waals surface area contributed by atoms with Crippen LogP contribution in [0.15, 0.2) is 16.8 Å². The van der Waals surface area contributed by atoms with Crippen LogP contribution in [-0.4, -0.2) is 11.9 Å². The Hall–Kier alpha value is -1.34. The number of amides is 1. The van der Waals surface area contributed by atoms with E-state index in [-0.39, 0.29) is 11.9 Å². The lowest BCUT2D eigenvalue weighted by atomic mass is 10.1. The molecule has 1 amide bonds. The van der Waals surface area contributed by atoms with E-state index < -0.39 is 0 Å². The second kappa shape index (κ2) is 5.40. The van der Waals surface area contributed by atoms with E-state index in [2.05, 4.69) is 11.4 Å². The zero-order valence-corrected chi connectivity index (χ0v) is 8.80. The number of carbonyl (C=O) groups excluding carboxylic acids is 1. The molecule has 0 fully saturated rings. The normalized spacial score (nSPS) is 11.7. The molecule has 1 heterocycles. The summed E-state index contributed by atoms with van der Waals surface area (Å²) in [6.07, 6.45) is 1.15. The summed E-state index contributed by atoms with van der Waals surface area (Å²) in [6, 6.07) is 3.80. The van der Waals surface area contributed by atoms with Gasteiger partial charge in [0, 0.05) is 17.0 Å². The molecule has 1 aromatic heterocycles. The summed E-state index contributed by atoms with van der Waals surface area (Å²) in [6.45, 7) is 1.95. The van der Waals surface area contributed by atoms with Crippen molar-refractivity contribution in [1.82, 2.24) is 5.32 Å². The largest absolute Gasteiger partial charge is 0.348 e. The first-order chi connectivity index (χ1) is 6.77. The first-order valence-corrected chi connectivity index (χ1v) is 5.42. The van der Waals surface area contributed by atoms with E-state index in [1.54, 1.807) is 11.4 Å². The summed E-state index contributed by atoms with van der Waals surface area (Å²) < 4.78 is 0. The topological polar surface area (TPSA) is 52.9 Å². The highest BCUT2D eigenvalue weighted by Gasteiger charge is 2.11. The Morgan fingerprint density at radius 3 is 3.07 bits per heavy atom. The van der Waals surface area contributed by atoms with Crippen LogP contribution in [0.1, 0.15) is 30.1 Å². The fourth-order valence-corrected chi connectivity index (χ4v) is 1.71. The van der Waals surface area contributed by atoms with Gasteiger partial charge in [-0.3, -0.25) is 4.79 Å². The van der Waals surface area contributed by atoms with Gasteiger partial charge in [0.05, 0.1) is 12.5 Å². The van der Waals surface area contributed by atoms with Crippen LogP contribution in [-0.2, 0) is 0 Å². The molecule has 0 spiro atoms. The summed E-state index contributed by atoms with van der Waals surface area (Å²) in [5, 5.41) is 15.0. The molecular formula is C10H12N2OS. The molecule has 0 aliphatic carbocycles. The van der Waals surface area contributed by atoms with Gasteiger partial charge in [-0.25, -0.2) is 0 Å². The van der Waals surface area contributed by atoms with E-state index in [4.69, 9.17) is 5.26 Å². The second-order valence-electron chi connectivity index (χ2n) is 2.95. The van der Waals surface area contributed by atoms with Crippen LogP contribution in [0.3, 0.4) is 0 Å². The minimum atomic E-state index is -0.0895. The molecule has 1 aromatic rings. The van der Waals surface area contributed by atoms with Gasteiger partial charge in [-0.2, -0.15) is 16.6 Å². The maximum Gasteiger partial charge on any atom is 0.252 e. The molecule has 0 saturated heterocycles. The van der Waals surface area contributed by atoms with Gasteiger partial charge in [0.15, 0.2) is 0 Å². The molecular weight excluding hydrogens is 196 g/mol. The van der Waals surface area contributed by atoms with Crippen molar-refractivity contribution in [1.29, 1.82) is 5.26 Å². The minimum absolute atomic E-state index is 0.0348. The van der Waals surface area contributed by atoms with Crippen LogP contribution < -0.4 is 5.32 Å². The quantitative estimate of drug-likeness (QED) is 0.824. The first kappa shape index (κ1) is 10.7. The van der Waals surface area contributed by atoms with Crippen LogP contribution in [0.2, 0.25) is 0 Å². The Labute approximate surface area is 87.4 Å². The van der Waals surface area contributed by atoms with Crippen molar-refractivity contribution in [3.8, 4) is 6.07 Å². The van der Waals surface area contributed by atoms with E-state index >= 15 is 0 Å². The van der Waals surface area contributed by atoms with E-state index in [1.807, 2.05) is 12.3 Å². The lowest BCUT2D eigenvalue weighted by Crippen LogP contribution is -2.33. The number of hydrogen-bond donors (Lipinski definition) is 1. The molecule has 1 unspecified atom stereocenters. The summed E-state index contributed by atoms with van der Waals surface area (Å²) in [5.74, 6) is -0.0895. The molecule has 0 aliphatic heterocycles. The van der Waals surface area contributed by atoms with Crippen molar-refractivity contribution in [2.75, 3.05) is 0 Å². The molecule has 14 heavy (non-hydrogen) atoms. The number of thiophene rings is 1. The Kier molecular flexibility index (Phi) is 4.14. The maximum absolute atomic E-state index is 11.5. The van der Waals surface area contributed by atoms with Crippen molar-refractivity contribution in [3.05, 3.63) is 22.4 Å². The lowest BCUT2D eigenvalue weighted by molar-refractivity contribution is 0.0937. The average molecular weight is 208 g/mol. The third-order valence-corrected chi connectivity index (χ3v) is 2.63. The van der Waals surface area contributed by atoms with Gasteiger partial charge in [0.2, 0.25) is 0 Å². The van der Waals surface area contributed by atoms with Crippen molar-refractivity contribution in [3.63, 3.8) is 0 Å². The molecule has 1 rings (SSSR count). The van der Waals surface area contributed by atoms with E-state index in [0.29, 0.717) is 12.0 Å². The number of carbonyl (C=O) groups is 1. The third-order valence-electron chi connectivity index (χ3n) is 1.95. The van der Waals surface area contributed by atoms with Crippen molar-refractivity contribution >= 4 is 17.2 Å². The first-order valence-electron chi connectivity index (χ1n) is 4.48. The van der Waals surface area contributed by atoms with E-state index in [0.717, 1.165) is 6.42 Å². The highest BCUT2D eigenvalue weighted by molar-refractivity contribution is 7.08.